The van der Waals surface area contributed by atoms with Crippen molar-refractivity contribution < 1.29 is 9.47 Å². The van der Waals surface area contributed by atoms with Crippen molar-refractivity contribution in [1.29, 1.82) is 0 Å². The van der Waals surface area contributed by atoms with Gasteiger partial charge in [-0.15, -0.1) is 0 Å². The first-order valence-electron chi connectivity index (χ1n) is 9.18. The molecule has 0 saturated heterocycles. The highest BCUT2D eigenvalue weighted by Gasteiger charge is 2.11. The van der Waals surface area contributed by atoms with Crippen LogP contribution in [0.5, 0.6) is 11.5 Å². The van der Waals surface area contributed by atoms with Gasteiger partial charge in [-0.25, -0.2) is 4.99 Å². The lowest BCUT2D eigenvalue weighted by molar-refractivity contribution is 0.294. The Morgan fingerprint density at radius 2 is 1.96 bits per heavy atom. The molecule has 3 rings (SSSR count). The molecule has 0 saturated carbocycles. The maximum absolute atomic E-state index is 6.05. The van der Waals surface area contributed by atoms with Gasteiger partial charge in [-0.3, -0.25) is 0 Å². The average Bonchev–Trinajstić information content (AvgIpc) is 3.12. The van der Waals surface area contributed by atoms with Gasteiger partial charge in [0.15, 0.2) is 17.5 Å². The van der Waals surface area contributed by atoms with Crippen LogP contribution in [0.1, 0.15) is 36.5 Å². The maximum atomic E-state index is 6.05. The molecule has 3 N–H and O–H groups in total. The number of aryl methyl sites for hydroxylation is 2. The van der Waals surface area contributed by atoms with Crippen molar-refractivity contribution in [3.05, 3.63) is 53.1 Å². The number of aliphatic imine (C=N–C) groups is 1. The SMILES string of the molecule is CCCOc1ccc(CN=C(N)Nc2ccc3c(c2)CCC3)cc1OC. The van der Waals surface area contributed by atoms with Crippen molar-refractivity contribution in [2.24, 2.45) is 10.7 Å². The molecule has 5 nitrogen and oxygen atoms in total. The minimum absolute atomic E-state index is 0.410. The van der Waals surface area contributed by atoms with Crippen molar-refractivity contribution in [3.8, 4) is 11.5 Å². The Labute approximate surface area is 155 Å². The Morgan fingerprint density at radius 3 is 2.77 bits per heavy atom. The summed E-state index contributed by atoms with van der Waals surface area (Å²) in [6, 6.07) is 12.3. The summed E-state index contributed by atoms with van der Waals surface area (Å²) in [6.07, 6.45) is 4.52. The van der Waals surface area contributed by atoms with E-state index in [-0.39, 0.29) is 0 Å². The fraction of sp³-hybridized carbons (Fsp3) is 0.381. The zero-order valence-corrected chi connectivity index (χ0v) is 15.5. The highest BCUT2D eigenvalue weighted by atomic mass is 16.5. The van der Waals surface area contributed by atoms with Gasteiger partial charge in [0.1, 0.15) is 0 Å². The summed E-state index contributed by atoms with van der Waals surface area (Å²) in [5.41, 5.74) is 10.9. The molecule has 138 valence electrons. The van der Waals surface area contributed by atoms with Gasteiger partial charge in [0.25, 0.3) is 0 Å². The van der Waals surface area contributed by atoms with E-state index in [2.05, 4.69) is 35.4 Å². The van der Waals surface area contributed by atoms with E-state index in [1.54, 1.807) is 7.11 Å². The van der Waals surface area contributed by atoms with Gasteiger partial charge in [-0.1, -0.05) is 19.1 Å². The summed E-state index contributed by atoms with van der Waals surface area (Å²) in [6.45, 7) is 3.23. The van der Waals surface area contributed by atoms with Crippen LogP contribution in [0.4, 0.5) is 5.69 Å². The van der Waals surface area contributed by atoms with Crippen LogP contribution in [0.25, 0.3) is 0 Å². The molecule has 26 heavy (non-hydrogen) atoms. The first-order chi connectivity index (χ1) is 12.7. The van der Waals surface area contributed by atoms with Crippen molar-refractivity contribution in [1.82, 2.24) is 0 Å². The molecule has 1 aliphatic rings. The van der Waals surface area contributed by atoms with Crippen LogP contribution in [0.2, 0.25) is 0 Å². The Kier molecular flexibility index (Phi) is 6.00. The second kappa shape index (κ2) is 8.61. The van der Waals surface area contributed by atoms with Crippen LogP contribution in [0, 0.1) is 0 Å². The molecule has 0 atom stereocenters. The summed E-state index contributed by atoms with van der Waals surface area (Å²) >= 11 is 0. The lowest BCUT2D eigenvalue weighted by Crippen LogP contribution is -2.22. The molecule has 5 heteroatoms. The van der Waals surface area contributed by atoms with Crippen LogP contribution in [0.15, 0.2) is 41.4 Å². The van der Waals surface area contributed by atoms with E-state index in [1.165, 1.54) is 24.0 Å². The van der Waals surface area contributed by atoms with Crippen LogP contribution in [-0.2, 0) is 19.4 Å². The minimum Gasteiger partial charge on any atom is -0.493 e. The molecule has 0 unspecified atom stereocenters. The number of ether oxygens (including phenoxy) is 2. The number of guanidine groups is 1. The normalized spacial score (nSPS) is 13.4. The third kappa shape index (κ3) is 4.48. The molecule has 0 amide bonds. The van der Waals surface area contributed by atoms with E-state index in [9.17, 15) is 0 Å². The van der Waals surface area contributed by atoms with Gasteiger partial charge in [0, 0.05) is 5.69 Å². The molecule has 0 heterocycles. The first kappa shape index (κ1) is 18.1. The highest BCUT2D eigenvalue weighted by Crippen LogP contribution is 2.28. The second-order valence-electron chi connectivity index (χ2n) is 6.50. The van der Waals surface area contributed by atoms with Crippen molar-refractivity contribution >= 4 is 11.6 Å². The summed E-state index contributed by atoms with van der Waals surface area (Å²) in [4.78, 5) is 4.44. The second-order valence-corrected chi connectivity index (χ2v) is 6.50. The first-order valence-corrected chi connectivity index (χ1v) is 9.18. The minimum atomic E-state index is 0.410. The number of fused-ring (bicyclic) bond motifs is 1. The van der Waals surface area contributed by atoms with E-state index in [1.807, 2.05) is 18.2 Å². The number of methoxy groups -OCH3 is 1. The summed E-state index contributed by atoms with van der Waals surface area (Å²) in [7, 11) is 1.64. The predicted molar refractivity (Wildman–Crippen MR) is 106 cm³/mol. The lowest BCUT2D eigenvalue weighted by Gasteiger charge is -2.11. The van der Waals surface area contributed by atoms with Gasteiger partial charge < -0.3 is 20.5 Å². The number of nitrogens with zero attached hydrogens (tertiary/aromatic N) is 1. The van der Waals surface area contributed by atoms with Crippen molar-refractivity contribution in [3.63, 3.8) is 0 Å². The topological polar surface area (TPSA) is 68.9 Å². The predicted octanol–water partition coefficient (Wildman–Crippen LogP) is 3.90. The van der Waals surface area contributed by atoms with Gasteiger partial charge in [-0.05, 0) is 66.6 Å². The largest absolute Gasteiger partial charge is 0.493 e. The zero-order valence-electron chi connectivity index (χ0n) is 15.5. The lowest BCUT2D eigenvalue weighted by atomic mass is 10.1. The van der Waals surface area contributed by atoms with Crippen LogP contribution in [0.3, 0.4) is 0 Å². The summed E-state index contributed by atoms with van der Waals surface area (Å²) < 4.78 is 11.1. The highest BCUT2D eigenvalue weighted by molar-refractivity contribution is 5.92. The molecular weight excluding hydrogens is 326 g/mol. The summed E-state index contributed by atoms with van der Waals surface area (Å²) in [5, 5.41) is 3.18. The number of rotatable bonds is 7. The Hall–Kier alpha value is -2.69. The van der Waals surface area contributed by atoms with E-state index in [0.29, 0.717) is 19.1 Å². The zero-order chi connectivity index (χ0) is 18.4. The number of nitrogens with two attached hydrogens (primary N) is 1. The number of nitrogens with one attached hydrogen (secondary N) is 1. The fourth-order valence-electron chi connectivity index (χ4n) is 3.16. The van der Waals surface area contributed by atoms with Crippen LogP contribution >= 0.6 is 0 Å². The smallest absolute Gasteiger partial charge is 0.193 e. The van der Waals surface area contributed by atoms with E-state index in [4.69, 9.17) is 15.2 Å². The van der Waals surface area contributed by atoms with Crippen molar-refractivity contribution in [2.75, 3.05) is 19.0 Å². The van der Waals surface area contributed by atoms with Gasteiger partial charge in [0.05, 0.1) is 20.3 Å². The number of hydrogen-bond donors (Lipinski definition) is 2. The molecule has 0 radical (unpaired) electrons. The number of benzene rings is 2. The third-order valence-electron chi connectivity index (χ3n) is 4.49. The Bertz CT molecular complexity index is 787. The average molecular weight is 353 g/mol. The molecule has 0 aliphatic heterocycles. The number of anilines is 1. The van der Waals surface area contributed by atoms with Gasteiger partial charge in [0.2, 0.25) is 0 Å². The number of hydrogen-bond acceptors (Lipinski definition) is 3. The molecule has 0 bridgehead atoms. The standard InChI is InChI=1S/C21H27N3O2/c1-3-11-26-19-10-7-15(12-20(19)25-2)14-23-21(22)24-18-9-8-16-5-4-6-17(16)13-18/h7-10,12-13H,3-6,11,14H2,1-2H3,(H3,22,23,24). The third-order valence-corrected chi connectivity index (χ3v) is 4.49. The molecule has 0 spiro atoms. The molecule has 1 aliphatic carbocycles. The van der Waals surface area contributed by atoms with E-state index < -0.39 is 0 Å². The summed E-state index contributed by atoms with van der Waals surface area (Å²) in [5.74, 6) is 1.89. The quantitative estimate of drug-likeness (QED) is 0.585. The Morgan fingerprint density at radius 1 is 1.12 bits per heavy atom. The van der Waals surface area contributed by atoms with Gasteiger partial charge >= 0.3 is 0 Å². The van der Waals surface area contributed by atoms with Gasteiger partial charge in [-0.2, -0.15) is 0 Å². The van der Waals surface area contributed by atoms with Crippen LogP contribution < -0.4 is 20.5 Å². The van der Waals surface area contributed by atoms with E-state index in [0.717, 1.165) is 35.6 Å². The molecule has 0 fully saturated rings. The monoisotopic (exact) mass is 353 g/mol. The molecule has 0 aromatic heterocycles. The molecular formula is C21H27N3O2. The van der Waals surface area contributed by atoms with E-state index >= 15 is 0 Å². The van der Waals surface area contributed by atoms with Crippen LogP contribution in [-0.4, -0.2) is 19.7 Å². The molecule has 2 aromatic carbocycles. The molecule has 2 aromatic rings. The fourth-order valence-corrected chi connectivity index (χ4v) is 3.16. The van der Waals surface area contributed by atoms with Crippen molar-refractivity contribution in [2.45, 2.75) is 39.2 Å². The Balaban J connectivity index is 1.63. The maximum Gasteiger partial charge on any atom is 0.193 e.